The zero-order chi connectivity index (χ0) is 32.2. The zero-order valence-electron chi connectivity index (χ0n) is 27.0. The van der Waals surface area contributed by atoms with Crippen LogP contribution in [0.1, 0.15) is 25.0 Å². The number of hydrogen-bond donors (Lipinski definition) is 0. The minimum absolute atomic E-state index is 0.225. The standard InChI is InChI=1S/C45H34N2O/c1-45(2)38-19-12-22-43-44(38)47(41-20-9-10-21-42(41)48-43)40-28-25-34(30-39(40)45)33-15-11-18-37(29-33)46(35-16-7-4-8-17-35)36-26-23-32(24-27-36)31-13-5-3-6-14-31/h3-30H,1-2H3. The van der Waals surface area contributed by atoms with Gasteiger partial charge in [-0.25, -0.2) is 0 Å². The van der Waals surface area contributed by atoms with E-state index in [1.54, 1.807) is 0 Å². The Bertz CT molecular complexity index is 2290. The summed E-state index contributed by atoms with van der Waals surface area (Å²) in [5, 5.41) is 0. The molecule has 0 aliphatic carbocycles. The van der Waals surface area contributed by atoms with Crippen molar-refractivity contribution in [3.8, 4) is 33.8 Å². The lowest BCUT2D eigenvalue weighted by Crippen LogP contribution is -2.32. The van der Waals surface area contributed by atoms with Gasteiger partial charge in [-0.15, -0.1) is 0 Å². The van der Waals surface area contributed by atoms with Crippen molar-refractivity contribution in [2.45, 2.75) is 19.3 Å². The van der Waals surface area contributed by atoms with E-state index in [4.69, 9.17) is 4.74 Å². The van der Waals surface area contributed by atoms with Gasteiger partial charge in [-0.3, -0.25) is 0 Å². The highest BCUT2D eigenvalue weighted by Gasteiger charge is 2.41. The van der Waals surface area contributed by atoms with E-state index in [1.807, 2.05) is 6.07 Å². The van der Waals surface area contributed by atoms with E-state index in [9.17, 15) is 0 Å². The molecular weight excluding hydrogens is 585 g/mol. The summed E-state index contributed by atoms with van der Waals surface area (Å²) in [5.74, 6) is 1.78. The summed E-state index contributed by atoms with van der Waals surface area (Å²) >= 11 is 0. The van der Waals surface area contributed by atoms with Gasteiger partial charge in [0.15, 0.2) is 11.5 Å². The molecule has 7 aromatic rings. The van der Waals surface area contributed by atoms with Crippen molar-refractivity contribution in [3.63, 3.8) is 0 Å². The van der Waals surface area contributed by atoms with Crippen LogP contribution in [-0.4, -0.2) is 0 Å². The van der Waals surface area contributed by atoms with Crippen LogP contribution in [0.3, 0.4) is 0 Å². The highest BCUT2D eigenvalue weighted by Crippen LogP contribution is 2.60. The molecule has 9 rings (SSSR count). The summed E-state index contributed by atoms with van der Waals surface area (Å²) < 4.78 is 6.42. The molecule has 2 heterocycles. The average Bonchev–Trinajstić information content (AvgIpc) is 3.14. The molecule has 0 spiro atoms. The van der Waals surface area contributed by atoms with Crippen molar-refractivity contribution in [2.75, 3.05) is 9.80 Å². The van der Waals surface area contributed by atoms with E-state index in [2.05, 4.69) is 187 Å². The average molecular weight is 619 g/mol. The summed E-state index contributed by atoms with van der Waals surface area (Å²) in [7, 11) is 0. The van der Waals surface area contributed by atoms with Crippen LogP contribution in [0.25, 0.3) is 22.3 Å². The maximum atomic E-state index is 6.42. The lowest BCUT2D eigenvalue weighted by Gasteiger charge is -2.45. The molecule has 230 valence electrons. The molecule has 0 N–H and O–H groups in total. The molecule has 0 saturated carbocycles. The second kappa shape index (κ2) is 11.0. The highest BCUT2D eigenvalue weighted by molar-refractivity contribution is 5.94. The number of para-hydroxylation sites is 4. The van der Waals surface area contributed by atoms with Gasteiger partial charge in [0.25, 0.3) is 0 Å². The predicted molar refractivity (Wildman–Crippen MR) is 199 cm³/mol. The number of nitrogens with zero attached hydrogens (tertiary/aromatic N) is 2. The van der Waals surface area contributed by atoms with E-state index < -0.39 is 0 Å². The first-order chi connectivity index (χ1) is 23.6. The highest BCUT2D eigenvalue weighted by atomic mass is 16.5. The van der Waals surface area contributed by atoms with Crippen LogP contribution in [0.15, 0.2) is 170 Å². The van der Waals surface area contributed by atoms with Crippen LogP contribution >= 0.6 is 0 Å². The van der Waals surface area contributed by atoms with Gasteiger partial charge in [-0.2, -0.15) is 0 Å². The molecule has 0 amide bonds. The van der Waals surface area contributed by atoms with E-state index in [-0.39, 0.29) is 5.41 Å². The molecule has 0 aromatic heterocycles. The van der Waals surface area contributed by atoms with E-state index in [1.165, 1.54) is 39.1 Å². The summed E-state index contributed by atoms with van der Waals surface area (Å²) in [6.07, 6.45) is 0. The molecular formula is C45H34N2O. The fourth-order valence-corrected chi connectivity index (χ4v) is 7.40. The molecule has 0 fully saturated rings. The second-order valence-corrected chi connectivity index (χ2v) is 13.0. The maximum Gasteiger partial charge on any atom is 0.151 e. The molecule has 0 atom stereocenters. The van der Waals surface area contributed by atoms with Crippen LogP contribution in [0, 0.1) is 0 Å². The monoisotopic (exact) mass is 618 g/mol. The molecule has 0 bridgehead atoms. The number of anilines is 6. The molecule has 0 unspecified atom stereocenters. The Kier molecular flexibility index (Phi) is 6.48. The topological polar surface area (TPSA) is 15.7 Å². The SMILES string of the molecule is CC1(C)c2cc(-c3cccc(N(c4ccccc4)c4ccc(-c5ccccc5)cc4)c3)ccc2N2c3ccccc3Oc3cccc1c32. The number of rotatable bonds is 5. The smallest absolute Gasteiger partial charge is 0.151 e. The zero-order valence-corrected chi connectivity index (χ0v) is 27.0. The Labute approximate surface area is 281 Å². The summed E-state index contributed by atoms with van der Waals surface area (Å²) in [5.41, 5.74) is 13.9. The number of benzene rings is 7. The third-order valence-electron chi connectivity index (χ3n) is 9.82. The summed E-state index contributed by atoms with van der Waals surface area (Å²) in [6.45, 7) is 4.66. The third kappa shape index (κ3) is 4.51. The number of hydrogen-bond acceptors (Lipinski definition) is 3. The van der Waals surface area contributed by atoms with Crippen LogP contribution in [0.2, 0.25) is 0 Å². The maximum absolute atomic E-state index is 6.42. The molecule has 0 saturated heterocycles. The molecule has 7 aromatic carbocycles. The first-order valence-corrected chi connectivity index (χ1v) is 16.5. The molecule has 3 heteroatoms. The van der Waals surface area contributed by atoms with Gasteiger partial charge >= 0.3 is 0 Å². The van der Waals surface area contributed by atoms with Crippen LogP contribution in [-0.2, 0) is 5.41 Å². The predicted octanol–water partition coefficient (Wildman–Crippen LogP) is 12.7. The number of fused-ring (bicyclic) bond motifs is 4. The molecule has 2 aliphatic heterocycles. The van der Waals surface area contributed by atoms with Crippen molar-refractivity contribution in [3.05, 3.63) is 181 Å². The third-order valence-corrected chi connectivity index (χ3v) is 9.82. The van der Waals surface area contributed by atoms with E-state index in [0.717, 1.165) is 39.9 Å². The first-order valence-electron chi connectivity index (χ1n) is 16.5. The minimum atomic E-state index is -0.225. The Morgan fingerprint density at radius 3 is 1.83 bits per heavy atom. The van der Waals surface area contributed by atoms with E-state index >= 15 is 0 Å². The van der Waals surface area contributed by atoms with Crippen LogP contribution in [0.5, 0.6) is 11.5 Å². The Balaban J connectivity index is 1.15. The van der Waals surface area contributed by atoms with E-state index in [0.29, 0.717) is 0 Å². The lowest BCUT2D eigenvalue weighted by atomic mass is 9.72. The first kappa shape index (κ1) is 28.2. The van der Waals surface area contributed by atoms with Crippen molar-refractivity contribution in [1.82, 2.24) is 0 Å². The van der Waals surface area contributed by atoms with Crippen molar-refractivity contribution in [1.29, 1.82) is 0 Å². The van der Waals surface area contributed by atoms with Crippen LogP contribution < -0.4 is 14.5 Å². The fourth-order valence-electron chi connectivity index (χ4n) is 7.40. The Morgan fingerprint density at radius 2 is 1.02 bits per heavy atom. The van der Waals surface area contributed by atoms with Crippen molar-refractivity contribution in [2.24, 2.45) is 0 Å². The molecule has 0 radical (unpaired) electrons. The van der Waals surface area contributed by atoms with Crippen LogP contribution in [0.4, 0.5) is 34.1 Å². The van der Waals surface area contributed by atoms with Crippen molar-refractivity contribution < 1.29 is 4.74 Å². The molecule has 2 aliphatic rings. The summed E-state index contributed by atoms with van der Waals surface area (Å²) in [6, 6.07) is 60.6. The molecule has 3 nitrogen and oxygen atoms in total. The van der Waals surface area contributed by atoms with Gasteiger partial charge in [0.1, 0.15) is 0 Å². The summed E-state index contributed by atoms with van der Waals surface area (Å²) in [4.78, 5) is 4.73. The van der Waals surface area contributed by atoms with Gasteiger partial charge in [0.05, 0.1) is 17.1 Å². The van der Waals surface area contributed by atoms with Crippen molar-refractivity contribution >= 4 is 34.1 Å². The van der Waals surface area contributed by atoms with Gasteiger partial charge in [0, 0.05) is 22.5 Å². The molecule has 48 heavy (non-hydrogen) atoms. The fraction of sp³-hybridized carbons (Fsp3) is 0.0667. The largest absolute Gasteiger partial charge is 0.453 e. The van der Waals surface area contributed by atoms with Gasteiger partial charge in [0.2, 0.25) is 0 Å². The quantitative estimate of drug-likeness (QED) is 0.191. The normalized spacial score (nSPS) is 13.5. The van der Waals surface area contributed by atoms with Gasteiger partial charge < -0.3 is 14.5 Å². The lowest BCUT2D eigenvalue weighted by molar-refractivity contribution is 0.471. The second-order valence-electron chi connectivity index (χ2n) is 13.0. The van der Waals surface area contributed by atoms with Gasteiger partial charge in [-0.05, 0) is 100 Å². The minimum Gasteiger partial charge on any atom is -0.453 e. The Hall–Kier alpha value is -6.06. The number of ether oxygens (including phenoxy) is 1. The Morgan fingerprint density at radius 1 is 0.438 bits per heavy atom. The van der Waals surface area contributed by atoms with Gasteiger partial charge in [-0.1, -0.05) is 117 Å².